The molecule has 1 heterocycles. The van der Waals surface area contributed by atoms with Crippen LogP contribution in [0, 0.1) is 0 Å². The smallest absolute Gasteiger partial charge is 0.277 e. The molecule has 6 nitrogen and oxygen atoms in total. The second-order valence-corrected chi connectivity index (χ2v) is 8.40. The molecule has 0 spiro atoms. The Morgan fingerprint density at radius 1 is 1.17 bits per heavy atom. The SMILES string of the molecule is CCN(c1ccc(NC(=O)CSc2nnc(-c3ccccc3Br)o2)cc1)C(C)C. The highest BCUT2D eigenvalue weighted by Crippen LogP contribution is 2.29. The number of carbonyl (C=O) groups is 1. The van der Waals surface area contributed by atoms with Gasteiger partial charge >= 0.3 is 0 Å². The van der Waals surface area contributed by atoms with Crippen molar-refractivity contribution < 1.29 is 9.21 Å². The number of thioether (sulfide) groups is 1. The number of nitrogens with zero attached hydrogens (tertiary/aromatic N) is 3. The summed E-state index contributed by atoms with van der Waals surface area (Å²) in [7, 11) is 0. The quantitative estimate of drug-likeness (QED) is 0.436. The highest BCUT2D eigenvalue weighted by Gasteiger charge is 2.13. The number of anilines is 2. The molecule has 1 amide bonds. The van der Waals surface area contributed by atoms with Crippen molar-refractivity contribution in [2.75, 3.05) is 22.5 Å². The summed E-state index contributed by atoms with van der Waals surface area (Å²) in [5.74, 6) is 0.480. The van der Waals surface area contributed by atoms with Gasteiger partial charge < -0.3 is 14.6 Å². The van der Waals surface area contributed by atoms with Crippen LogP contribution in [0.4, 0.5) is 11.4 Å². The van der Waals surface area contributed by atoms with Gasteiger partial charge in [0.25, 0.3) is 5.22 Å². The second kappa shape index (κ2) is 9.93. The highest BCUT2D eigenvalue weighted by molar-refractivity contribution is 9.10. The molecule has 0 saturated carbocycles. The van der Waals surface area contributed by atoms with E-state index in [0.717, 1.165) is 28.0 Å². The Balaban J connectivity index is 1.55. The van der Waals surface area contributed by atoms with Gasteiger partial charge in [-0.15, -0.1) is 10.2 Å². The fraction of sp³-hybridized carbons (Fsp3) is 0.286. The lowest BCUT2D eigenvalue weighted by molar-refractivity contribution is -0.113. The number of halogens is 1. The van der Waals surface area contributed by atoms with Crippen LogP contribution in [0.5, 0.6) is 0 Å². The average molecular weight is 475 g/mol. The maximum absolute atomic E-state index is 12.3. The van der Waals surface area contributed by atoms with E-state index in [1.807, 2.05) is 48.5 Å². The normalized spacial score (nSPS) is 10.9. The summed E-state index contributed by atoms with van der Waals surface area (Å²) < 4.78 is 6.53. The van der Waals surface area contributed by atoms with E-state index in [4.69, 9.17) is 4.42 Å². The van der Waals surface area contributed by atoms with Gasteiger partial charge in [0.05, 0.1) is 11.3 Å². The minimum absolute atomic E-state index is 0.125. The molecule has 2 aromatic carbocycles. The van der Waals surface area contributed by atoms with Crippen LogP contribution in [0.25, 0.3) is 11.5 Å². The third-order valence-electron chi connectivity index (χ3n) is 4.28. The molecule has 0 bridgehead atoms. The Morgan fingerprint density at radius 2 is 1.90 bits per heavy atom. The first-order valence-electron chi connectivity index (χ1n) is 9.35. The lowest BCUT2D eigenvalue weighted by atomic mass is 10.2. The van der Waals surface area contributed by atoms with E-state index in [2.05, 4.69) is 57.1 Å². The maximum Gasteiger partial charge on any atom is 0.277 e. The Kier molecular flexibility index (Phi) is 7.33. The molecule has 1 N–H and O–H groups in total. The number of aromatic nitrogens is 2. The molecule has 0 saturated heterocycles. The number of nitrogens with one attached hydrogen (secondary N) is 1. The summed E-state index contributed by atoms with van der Waals surface area (Å²) >= 11 is 4.67. The fourth-order valence-corrected chi connectivity index (χ4v) is 3.94. The predicted molar refractivity (Wildman–Crippen MR) is 121 cm³/mol. The van der Waals surface area contributed by atoms with Crippen LogP contribution in [0.2, 0.25) is 0 Å². The van der Waals surface area contributed by atoms with E-state index in [0.29, 0.717) is 17.2 Å². The lowest BCUT2D eigenvalue weighted by Gasteiger charge is -2.27. The minimum Gasteiger partial charge on any atom is -0.411 e. The number of amides is 1. The van der Waals surface area contributed by atoms with Crippen LogP contribution in [0.3, 0.4) is 0 Å². The largest absolute Gasteiger partial charge is 0.411 e. The highest BCUT2D eigenvalue weighted by atomic mass is 79.9. The number of carbonyl (C=O) groups excluding carboxylic acids is 1. The molecule has 29 heavy (non-hydrogen) atoms. The van der Waals surface area contributed by atoms with E-state index < -0.39 is 0 Å². The first kappa shape index (κ1) is 21.4. The predicted octanol–water partition coefficient (Wildman–Crippen LogP) is 5.46. The third kappa shape index (κ3) is 5.61. The minimum atomic E-state index is -0.125. The van der Waals surface area contributed by atoms with Gasteiger partial charge in [0.2, 0.25) is 11.8 Å². The molecule has 0 unspecified atom stereocenters. The molecular formula is C21H23BrN4O2S. The third-order valence-corrected chi connectivity index (χ3v) is 5.79. The first-order valence-corrected chi connectivity index (χ1v) is 11.1. The standard InChI is InChI=1S/C21H23BrN4O2S/c1-4-26(14(2)3)16-11-9-15(10-12-16)23-19(27)13-29-21-25-24-20(28-21)17-7-5-6-8-18(17)22/h5-12,14H,4,13H2,1-3H3,(H,23,27). The summed E-state index contributed by atoms with van der Waals surface area (Å²) in [6.45, 7) is 7.39. The summed E-state index contributed by atoms with van der Waals surface area (Å²) in [6, 6.07) is 15.9. The molecule has 152 valence electrons. The van der Waals surface area contributed by atoms with E-state index >= 15 is 0 Å². The summed E-state index contributed by atoms with van der Waals surface area (Å²) in [6.07, 6.45) is 0. The molecule has 0 aliphatic carbocycles. The van der Waals surface area contributed by atoms with Crippen molar-refractivity contribution in [3.8, 4) is 11.5 Å². The molecule has 0 aliphatic heterocycles. The number of hydrogen-bond acceptors (Lipinski definition) is 6. The number of rotatable bonds is 8. The Hall–Kier alpha value is -2.32. The Morgan fingerprint density at radius 3 is 2.55 bits per heavy atom. The topological polar surface area (TPSA) is 71.3 Å². The van der Waals surface area contributed by atoms with Crippen molar-refractivity contribution in [2.45, 2.75) is 32.0 Å². The van der Waals surface area contributed by atoms with E-state index in [-0.39, 0.29) is 11.7 Å². The van der Waals surface area contributed by atoms with Crippen molar-refractivity contribution in [2.24, 2.45) is 0 Å². The molecule has 0 radical (unpaired) electrons. The van der Waals surface area contributed by atoms with Gasteiger partial charge in [0, 0.05) is 28.4 Å². The van der Waals surface area contributed by atoms with E-state index in [1.165, 1.54) is 11.8 Å². The van der Waals surface area contributed by atoms with Crippen molar-refractivity contribution >= 4 is 45.0 Å². The molecule has 3 rings (SSSR count). The molecule has 3 aromatic rings. The molecule has 1 aromatic heterocycles. The molecular weight excluding hydrogens is 452 g/mol. The van der Waals surface area contributed by atoms with Crippen LogP contribution in [0.1, 0.15) is 20.8 Å². The Labute approximate surface area is 183 Å². The number of hydrogen-bond donors (Lipinski definition) is 1. The van der Waals surface area contributed by atoms with Crippen LogP contribution in [-0.4, -0.2) is 34.4 Å². The van der Waals surface area contributed by atoms with E-state index in [1.54, 1.807) is 0 Å². The summed E-state index contributed by atoms with van der Waals surface area (Å²) in [5.41, 5.74) is 2.72. The first-order chi connectivity index (χ1) is 14.0. The van der Waals surface area contributed by atoms with Gasteiger partial charge in [-0.3, -0.25) is 4.79 Å². The molecule has 8 heteroatoms. The van der Waals surface area contributed by atoms with Gasteiger partial charge in [-0.1, -0.05) is 23.9 Å². The van der Waals surface area contributed by atoms with Gasteiger partial charge in [-0.2, -0.15) is 0 Å². The monoisotopic (exact) mass is 474 g/mol. The zero-order valence-electron chi connectivity index (χ0n) is 16.6. The van der Waals surface area contributed by atoms with Gasteiger partial charge in [0.15, 0.2) is 0 Å². The van der Waals surface area contributed by atoms with Gasteiger partial charge in [0.1, 0.15) is 0 Å². The number of benzene rings is 2. The lowest BCUT2D eigenvalue weighted by Crippen LogP contribution is -2.30. The summed E-state index contributed by atoms with van der Waals surface area (Å²) in [5, 5.41) is 11.3. The van der Waals surface area contributed by atoms with Crippen LogP contribution in [-0.2, 0) is 4.79 Å². The van der Waals surface area contributed by atoms with Gasteiger partial charge in [-0.25, -0.2) is 0 Å². The van der Waals surface area contributed by atoms with Gasteiger partial charge in [-0.05, 0) is 73.1 Å². The van der Waals surface area contributed by atoms with E-state index in [9.17, 15) is 4.79 Å². The van der Waals surface area contributed by atoms with Crippen LogP contribution in [0.15, 0.2) is 62.6 Å². The fourth-order valence-electron chi connectivity index (χ4n) is 2.92. The molecule has 0 aliphatic rings. The average Bonchev–Trinajstić information content (AvgIpc) is 3.17. The van der Waals surface area contributed by atoms with Crippen molar-refractivity contribution in [3.05, 3.63) is 53.0 Å². The zero-order valence-corrected chi connectivity index (χ0v) is 19.0. The van der Waals surface area contributed by atoms with Crippen molar-refractivity contribution in [1.29, 1.82) is 0 Å². The van der Waals surface area contributed by atoms with Crippen LogP contribution < -0.4 is 10.2 Å². The Bertz CT molecular complexity index is 959. The zero-order chi connectivity index (χ0) is 20.8. The summed E-state index contributed by atoms with van der Waals surface area (Å²) in [4.78, 5) is 14.6. The second-order valence-electron chi connectivity index (χ2n) is 6.62. The van der Waals surface area contributed by atoms with Crippen molar-refractivity contribution in [3.63, 3.8) is 0 Å². The van der Waals surface area contributed by atoms with Crippen LogP contribution >= 0.6 is 27.7 Å². The molecule has 0 fully saturated rings. The van der Waals surface area contributed by atoms with Crippen molar-refractivity contribution in [1.82, 2.24) is 10.2 Å². The molecule has 0 atom stereocenters. The maximum atomic E-state index is 12.3.